The summed E-state index contributed by atoms with van der Waals surface area (Å²) in [6.45, 7) is 0. The summed E-state index contributed by atoms with van der Waals surface area (Å²) in [4.78, 5) is 29.5. The molecular formula is C26H33F4N5O3. The van der Waals surface area contributed by atoms with E-state index in [-0.39, 0.29) is 0 Å². The van der Waals surface area contributed by atoms with Crippen molar-refractivity contribution in [2.24, 2.45) is 5.92 Å². The van der Waals surface area contributed by atoms with Crippen molar-refractivity contribution in [3.05, 3.63) is 47.8 Å². The number of esters is 1. The number of hydrazine groups is 1. The minimum atomic E-state index is -5.02. The number of methoxy groups -OCH3 is 1. The smallest absolute Gasteiger partial charge is 0.419 e. The topological polar surface area (TPSA) is 97.3 Å². The van der Waals surface area contributed by atoms with Crippen LogP contribution >= 0.6 is 0 Å². The first-order chi connectivity index (χ1) is 18.2. The molecule has 2 atom stereocenters. The van der Waals surface area contributed by atoms with Crippen molar-refractivity contribution in [3.63, 3.8) is 0 Å². The minimum absolute atomic E-state index is 0.293. The lowest BCUT2D eigenvalue weighted by Crippen LogP contribution is -2.65. The van der Waals surface area contributed by atoms with E-state index in [1.807, 2.05) is 10.8 Å². The third-order valence-corrected chi connectivity index (χ3v) is 7.66. The molecule has 1 saturated heterocycles. The van der Waals surface area contributed by atoms with Crippen LogP contribution in [-0.4, -0.2) is 34.6 Å². The summed E-state index contributed by atoms with van der Waals surface area (Å²) >= 11 is 0. The highest BCUT2D eigenvalue weighted by Gasteiger charge is 2.44. The van der Waals surface area contributed by atoms with E-state index in [1.54, 1.807) is 12.5 Å². The third-order valence-electron chi connectivity index (χ3n) is 7.66. The van der Waals surface area contributed by atoms with E-state index in [9.17, 15) is 27.2 Å². The van der Waals surface area contributed by atoms with E-state index in [0.29, 0.717) is 30.9 Å². The molecule has 2 aliphatic rings. The fraction of sp³-hybridized carbons (Fsp3) is 0.577. The summed E-state index contributed by atoms with van der Waals surface area (Å²) in [7, 11) is 0.990. The van der Waals surface area contributed by atoms with E-state index >= 15 is 0 Å². The summed E-state index contributed by atoms with van der Waals surface area (Å²) < 4.78 is 60.4. The molecule has 0 radical (unpaired) electrons. The van der Waals surface area contributed by atoms with Gasteiger partial charge in [-0.2, -0.15) is 13.2 Å². The highest BCUT2D eigenvalue weighted by atomic mass is 19.4. The van der Waals surface area contributed by atoms with Crippen LogP contribution in [-0.2, 0) is 21.4 Å². The predicted octanol–water partition coefficient (Wildman–Crippen LogP) is 5.13. The quantitative estimate of drug-likeness (QED) is 0.360. The molecule has 8 nitrogen and oxygen atoms in total. The molecule has 1 aromatic carbocycles. The number of benzene rings is 1. The maximum absolute atomic E-state index is 14.3. The standard InChI is InChI=1S/C26H33F4N5O3/c1-38-24(37)18-14-19(26(28,29)30)20(27)15-22(18)32-23(36)21-10-11-25(34-33-21,35-13-12-31-16-35)17-8-6-4-2-3-5-7-9-17/h12-17,21,33-34H,2-11H2,1H3,(H,32,36). The van der Waals surface area contributed by atoms with E-state index < -0.39 is 52.4 Å². The number of alkyl halides is 3. The monoisotopic (exact) mass is 539 g/mol. The van der Waals surface area contributed by atoms with Crippen molar-refractivity contribution in [3.8, 4) is 0 Å². The number of anilines is 1. The highest BCUT2D eigenvalue weighted by molar-refractivity contribution is 6.03. The number of aromatic nitrogens is 2. The summed E-state index contributed by atoms with van der Waals surface area (Å²) in [5.74, 6) is -3.05. The second-order valence-corrected chi connectivity index (χ2v) is 10.0. The largest absolute Gasteiger partial charge is 0.465 e. The summed E-state index contributed by atoms with van der Waals surface area (Å²) in [5.41, 5.74) is 3.36. The van der Waals surface area contributed by atoms with Crippen LogP contribution in [0.2, 0.25) is 0 Å². The Morgan fingerprint density at radius 1 is 1.11 bits per heavy atom. The molecule has 38 heavy (non-hydrogen) atoms. The van der Waals surface area contributed by atoms with Gasteiger partial charge in [-0.1, -0.05) is 38.5 Å². The van der Waals surface area contributed by atoms with Crippen molar-refractivity contribution in [2.75, 3.05) is 12.4 Å². The maximum atomic E-state index is 14.3. The fourth-order valence-corrected chi connectivity index (χ4v) is 5.62. The molecule has 1 aliphatic carbocycles. The number of carbonyl (C=O) groups is 2. The van der Waals surface area contributed by atoms with Crippen LogP contribution in [0.5, 0.6) is 0 Å². The van der Waals surface area contributed by atoms with Crippen LogP contribution in [0.1, 0.15) is 80.1 Å². The van der Waals surface area contributed by atoms with Crippen LogP contribution in [0.15, 0.2) is 30.9 Å². The van der Waals surface area contributed by atoms with Gasteiger partial charge in [0.2, 0.25) is 5.91 Å². The maximum Gasteiger partial charge on any atom is 0.419 e. The van der Waals surface area contributed by atoms with Gasteiger partial charge in [0.25, 0.3) is 0 Å². The van der Waals surface area contributed by atoms with Crippen LogP contribution in [0.4, 0.5) is 23.2 Å². The molecule has 2 fully saturated rings. The molecule has 4 rings (SSSR count). The lowest BCUT2D eigenvalue weighted by molar-refractivity contribution is -0.140. The number of nitrogens with zero attached hydrogens (tertiary/aromatic N) is 2. The Kier molecular flexibility index (Phi) is 8.71. The van der Waals surface area contributed by atoms with Gasteiger partial charge >= 0.3 is 12.1 Å². The summed E-state index contributed by atoms with van der Waals surface area (Å²) in [6, 6.07) is 0.0695. The van der Waals surface area contributed by atoms with Gasteiger partial charge in [0.15, 0.2) is 0 Å². The molecule has 0 bridgehead atoms. The van der Waals surface area contributed by atoms with Crippen molar-refractivity contribution < 1.29 is 31.9 Å². The lowest BCUT2D eigenvalue weighted by atomic mass is 9.79. The zero-order chi connectivity index (χ0) is 27.3. The van der Waals surface area contributed by atoms with Crippen LogP contribution < -0.4 is 16.2 Å². The Labute approximate surface area is 218 Å². The number of imidazole rings is 1. The molecule has 2 heterocycles. The Balaban J connectivity index is 1.53. The normalized spacial score (nSPS) is 23.7. The lowest BCUT2D eigenvalue weighted by Gasteiger charge is -2.47. The molecule has 208 valence electrons. The third kappa shape index (κ3) is 6.01. The average Bonchev–Trinajstić information content (AvgIpc) is 3.47. The predicted molar refractivity (Wildman–Crippen MR) is 131 cm³/mol. The molecule has 1 aromatic heterocycles. The zero-order valence-corrected chi connectivity index (χ0v) is 21.2. The van der Waals surface area contributed by atoms with Crippen molar-refractivity contribution >= 4 is 17.6 Å². The van der Waals surface area contributed by atoms with Gasteiger partial charge in [0.05, 0.1) is 30.3 Å². The molecule has 12 heteroatoms. The minimum Gasteiger partial charge on any atom is -0.465 e. The van der Waals surface area contributed by atoms with Gasteiger partial charge in [-0.3, -0.25) is 4.79 Å². The molecule has 3 N–H and O–H groups in total. The number of halogens is 4. The Hall–Kier alpha value is -2.99. The van der Waals surface area contributed by atoms with Gasteiger partial charge < -0.3 is 14.6 Å². The Morgan fingerprint density at radius 3 is 2.34 bits per heavy atom. The zero-order valence-electron chi connectivity index (χ0n) is 21.2. The second kappa shape index (κ2) is 11.8. The second-order valence-electron chi connectivity index (χ2n) is 10.0. The first-order valence-electron chi connectivity index (χ1n) is 13.0. The summed E-state index contributed by atoms with van der Waals surface area (Å²) in [5, 5.41) is 2.41. The van der Waals surface area contributed by atoms with Gasteiger partial charge in [0.1, 0.15) is 17.5 Å². The van der Waals surface area contributed by atoms with Gasteiger partial charge in [-0.25, -0.2) is 25.0 Å². The van der Waals surface area contributed by atoms with E-state index in [2.05, 4.69) is 25.9 Å². The van der Waals surface area contributed by atoms with Crippen LogP contribution in [0.3, 0.4) is 0 Å². The SMILES string of the molecule is COC(=O)c1cc(C(F)(F)F)c(F)cc1NC(=O)C1CCC(C2CCCCCCCC2)(n2ccnc2)NN1. The number of nitrogens with one attached hydrogen (secondary N) is 3. The van der Waals surface area contributed by atoms with Crippen LogP contribution in [0, 0.1) is 11.7 Å². The molecule has 1 saturated carbocycles. The van der Waals surface area contributed by atoms with Crippen molar-refractivity contribution in [1.29, 1.82) is 0 Å². The first-order valence-corrected chi connectivity index (χ1v) is 13.0. The highest BCUT2D eigenvalue weighted by Crippen LogP contribution is 2.39. The number of hydrogen-bond acceptors (Lipinski definition) is 6. The first kappa shape index (κ1) is 28.0. The van der Waals surface area contributed by atoms with Gasteiger partial charge in [-0.15, -0.1) is 0 Å². The number of rotatable bonds is 5. The van der Waals surface area contributed by atoms with Gasteiger partial charge in [-0.05, 0) is 43.7 Å². The molecule has 1 aliphatic heterocycles. The van der Waals surface area contributed by atoms with E-state index in [1.165, 1.54) is 25.7 Å². The molecule has 0 spiro atoms. The number of ether oxygens (including phenoxy) is 1. The summed E-state index contributed by atoms with van der Waals surface area (Å²) in [6.07, 6.45) is 10.4. The van der Waals surface area contributed by atoms with Crippen molar-refractivity contribution in [2.45, 2.75) is 82.1 Å². The van der Waals surface area contributed by atoms with Crippen LogP contribution in [0.25, 0.3) is 0 Å². The number of hydrogen-bond donors (Lipinski definition) is 3. The number of amides is 1. The molecule has 1 amide bonds. The van der Waals surface area contributed by atoms with Crippen molar-refractivity contribution in [1.82, 2.24) is 20.4 Å². The average molecular weight is 540 g/mol. The molecule has 2 unspecified atom stereocenters. The molecular weight excluding hydrogens is 506 g/mol. The Morgan fingerprint density at radius 2 is 1.79 bits per heavy atom. The fourth-order valence-electron chi connectivity index (χ4n) is 5.62. The van der Waals surface area contributed by atoms with E-state index in [4.69, 9.17) is 0 Å². The van der Waals surface area contributed by atoms with Gasteiger partial charge in [0, 0.05) is 12.4 Å². The molecule has 2 aromatic rings. The van der Waals surface area contributed by atoms with E-state index in [0.717, 1.165) is 32.8 Å². The number of carbonyl (C=O) groups excluding carboxylic acids is 2. The Bertz CT molecular complexity index is 1100.